The Morgan fingerprint density at radius 3 is 2.84 bits per heavy atom. The van der Waals surface area contributed by atoms with Gasteiger partial charge in [-0.25, -0.2) is 9.50 Å². The van der Waals surface area contributed by atoms with E-state index in [-0.39, 0.29) is 6.61 Å². The van der Waals surface area contributed by atoms with Crippen LogP contribution >= 0.6 is 0 Å². The first-order valence-electron chi connectivity index (χ1n) is 7.49. The van der Waals surface area contributed by atoms with Crippen LogP contribution in [0, 0.1) is 0 Å². The number of rotatable bonds is 5. The van der Waals surface area contributed by atoms with Crippen LogP contribution in [0.15, 0.2) is 42.6 Å². The van der Waals surface area contributed by atoms with Crippen LogP contribution in [0.1, 0.15) is 6.92 Å². The lowest BCUT2D eigenvalue weighted by atomic mass is 10.2. The molecule has 0 aliphatic carbocycles. The number of ether oxygens (including phenoxy) is 2. The van der Waals surface area contributed by atoms with Gasteiger partial charge in [0, 0.05) is 12.5 Å². The summed E-state index contributed by atoms with van der Waals surface area (Å²) in [6, 6.07) is 10.9. The van der Waals surface area contributed by atoms with Gasteiger partial charge in [0.1, 0.15) is 5.75 Å². The number of carbonyl (C=O) groups excluding carboxylic acids is 2. The maximum atomic E-state index is 11.7. The van der Waals surface area contributed by atoms with Crippen molar-refractivity contribution in [2.24, 2.45) is 0 Å². The van der Waals surface area contributed by atoms with E-state index in [1.807, 2.05) is 24.3 Å². The summed E-state index contributed by atoms with van der Waals surface area (Å²) >= 11 is 0. The van der Waals surface area contributed by atoms with Gasteiger partial charge in [-0.3, -0.25) is 9.59 Å². The SMILES string of the molecule is COc1cccc(-c2nc3ccc(NC(=O)COC(C)=O)cn3n2)c1. The van der Waals surface area contributed by atoms with Crippen LogP contribution in [0.25, 0.3) is 17.0 Å². The van der Waals surface area contributed by atoms with Crippen molar-refractivity contribution in [1.82, 2.24) is 14.6 Å². The molecule has 2 heterocycles. The predicted octanol–water partition coefficient (Wildman–Crippen LogP) is 1.91. The summed E-state index contributed by atoms with van der Waals surface area (Å²) in [6.45, 7) is 0.911. The number of carbonyl (C=O) groups is 2. The van der Waals surface area contributed by atoms with Gasteiger partial charge >= 0.3 is 5.97 Å². The second-order valence-electron chi connectivity index (χ2n) is 5.22. The molecule has 0 aliphatic rings. The normalized spacial score (nSPS) is 10.5. The quantitative estimate of drug-likeness (QED) is 0.713. The summed E-state index contributed by atoms with van der Waals surface area (Å²) in [7, 11) is 1.60. The molecule has 1 aromatic carbocycles. The molecule has 3 rings (SSSR count). The Hall–Kier alpha value is -3.42. The van der Waals surface area contributed by atoms with Crippen molar-refractivity contribution in [2.75, 3.05) is 19.0 Å². The van der Waals surface area contributed by atoms with Crippen molar-refractivity contribution < 1.29 is 19.1 Å². The number of aromatic nitrogens is 3. The van der Waals surface area contributed by atoms with E-state index in [0.717, 1.165) is 11.3 Å². The largest absolute Gasteiger partial charge is 0.497 e. The lowest BCUT2D eigenvalue weighted by Gasteiger charge is -2.05. The van der Waals surface area contributed by atoms with Crippen LogP contribution in [0.2, 0.25) is 0 Å². The van der Waals surface area contributed by atoms with Crippen molar-refractivity contribution in [3.8, 4) is 17.1 Å². The lowest BCUT2D eigenvalue weighted by Crippen LogP contribution is -2.20. The lowest BCUT2D eigenvalue weighted by molar-refractivity contribution is -0.144. The molecule has 0 bridgehead atoms. The molecule has 3 aromatic rings. The summed E-state index contributed by atoms with van der Waals surface area (Å²) in [4.78, 5) is 26.9. The van der Waals surface area contributed by atoms with Crippen molar-refractivity contribution in [3.05, 3.63) is 42.6 Å². The number of nitrogens with zero attached hydrogens (tertiary/aromatic N) is 3. The minimum Gasteiger partial charge on any atom is -0.497 e. The molecule has 0 saturated carbocycles. The molecule has 2 aromatic heterocycles. The van der Waals surface area contributed by atoms with E-state index in [4.69, 9.17) is 4.74 Å². The number of anilines is 1. The molecule has 0 saturated heterocycles. The van der Waals surface area contributed by atoms with E-state index >= 15 is 0 Å². The predicted molar refractivity (Wildman–Crippen MR) is 90.2 cm³/mol. The second-order valence-corrected chi connectivity index (χ2v) is 5.22. The zero-order chi connectivity index (χ0) is 17.8. The van der Waals surface area contributed by atoms with Crippen molar-refractivity contribution in [2.45, 2.75) is 6.92 Å². The topological polar surface area (TPSA) is 94.8 Å². The highest BCUT2D eigenvalue weighted by Gasteiger charge is 2.09. The van der Waals surface area contributed by atoms with E-state index in [0.29, 0.717) is 17.2 Å². The van der Waals surface area contributed by atoms with Crippen LogP contribution in [-0.4, -0.2) is 40.2 Å². The maximum Gasteiger partial charge on any atom is 0.303 e. The van der Waals surface area contributed by atoms with Crippen molar-refractivity contribution in [3.63, 3.8) is 0 Å². The molecule has 0 atom stereocenters. The molecule has 1 amide bonds. The number of benzene rings is 1. The van der Waals surface area contributed by atoms with Gasteiger partial charge in [-0.1, -0.05) is 12.1 Å². The Labute approximate surface area is 143 Å². The number of pyridine rings is 1. The third-order valence-electron chi connectivity index (χ3n) is 3.35. The smallest absolute Gasteiger partial charge is 0.303 e. The molecule has 0 aliphatic heterocycles. The zero-order valence-electron chi connectivity index (χ0n) is 13.7. The molecular weight excluding hydrogens is 324 g/mol. The van der Waals surface area contributed by atoms with E-state index < -0.39 is 11.9 Å². The van der Waals surface area contributed by atoms with Crippen LogP contribution in [-0.2, 0) is 14.3 Å². The van der Waals surface area contributed by atoms with Crippen LogP contribution < -0.4 is 10.1 Å². The molecule has 8 heteroatoms. The Morgan fingerprint density at radius 2 is 2.08 bits per heavy atom. The number of fused-ring (bicyclic) bond motifs is 1. The molecular formula is C17H16N4O4. The highest BCUT2D eigenvalue weighted by atomic mass is 16.5. The molecule has 0 fully saturated rings. The first kappa shape index (κ1) is 16.4. The van der Waals surface area contributed by atoms with Gasteiger partial charge in [-0.05, 0) is 24.3 Å². The highest BCUT2D eigenvalue weighted by molar-refractivity contribution is 5.92. The molecule has 128 valence electrons. The molecule has 1 N–H and O–H groups in total. The molecule has 0 spiro atoms. The van der Waals surface area contributed by atoms with Gasteiger partial charge in [0.05, 0.1) is 19.0 Å². The van der Waals surface area contributed by atoms with Gasteiger partial charge in [-0.2, -0.15) is 0 Å². The first-order chi connectivity index (χ1) is 12.0. The second kappa shape index (κ2) is 7.00. The van der Waals surface area contributed by atoms with Crippen LogP contribution in [0.4, 0.5) is 5.69 Å². The summed E-state index contributed by atoms with van der Waals surface area (Å²) < 4.78 is 11.4. The molecule has 25 heavy (non-hydrogen) atoms. The first-order valence-corrected chi connectivity index (χ1v) is 7.49. The monoisotopic (exact) mass is 340 g/mol. The minimum absolute atomic E-state index is 0.334. The number of hydrogen-bond acceptors (Lipinski definition) is 6. The van der Waals surface area contributed by atoms with E-state index in [9.17, 15) is 9.59 Å². The Bertz CT molecular complexity index is 935. The van der Waals surface area contributed by atoms with Crippen LogP contribution in [0.5, 0.6) is 5.75 Å². The number of esters is 1. The van der Waals surface area contributed by atoms with Crippen molar-refractivity contribution >= 4 is 23.2 Å². The highest BCUT2D eigenvalue weighted by Crippen LogP contribution is 2.22. The fourth-order valence-electron chi connectivity index (χ4n) is 2.21. The summed E-state index contributed by atoms with van der Waals surface area (Å²) in [5, 5.41) is 7.05. The third kappa shape index (κ3) is 3.92. The average Bonchev–Trinajstić information content (AvgIpc) is 3.03. The number of amides is 1. The molecule has 0 radical (unpaired) electrons. The standard InChI is InChI=1S/C17H16N4O4/c1-11(22)25-10-16(23)18-13-6-7-15-19-17(20-21(15)9-13)12-4-3-5-14(8-12)24-2/h3-9H,10H2,1-2H3,(H,18,23). The summed E-state index contributed by atoms with van der Waals surface area (Å²) in [5.74, 6) is 0.324. The van der Waals surface area contributed by atoms with Gasteiger partial charge < -0.3 is 14.8 Å². The fraction of sp³-hybridized carbons (Fsp3) is 0.176. The van der Waals surface area contributed by atoms with E-state index in [1.165, 1.54) is 6.92 Å². The minimum atomic E-state index is -0.509. The molecule has 0 unspecified atom stereocenters. The molecule has 8 nitrogen and oxygen atoms in total. The zero-order valence-corrected chi connectivity index (χ0v) is 13.7. The fourth-order valence-corrected chi connectivity index (χ4v) is 2.21. The number of methoxy groups -OCH3 is 1. The Morgan fingerprint density at radius 1 is 1.24 bits per heavy atom. The maximum absolute atomic E-state index is 11.7. The van der Waals surface area contributed by atoms with Crippen LogP contribution in [0.3, 0.4) is 0 Å². The van der Waals surface area contributed by atoms with Gasteiger partial charge in [0.15, 0.2) is 18.1 Å². The summed E-state index contributed by atoms with van der Waals surface area (Å²) in [5.41, 5.74) is 1.98. The van der Waals surface area contributed by atoms with E-state index in [1.54, 1.807) is 30.0 Å². The Kier molecular flexibility index (Phi) is 4.60. The van der Waals surface area contributed by atoms with Gasteiger partial charge in [0.2, 0.25) is 0 Å². The third-order valence-corrected chi connectivity index (χ3v) is 3.35. The number of nitrogens with one attached hydrogen (secondary N) is 1. The summed E-state index contributed by atoms with van der Waals surface area (Å²) in [6.07, 6.45) is 1.64. The van der Waals surface area contributed by atoms with Gasteiger partial charge in [0.25, 0.3) is 5.91 Å². The van der Waals surface area contributed by atoms with Gasteiger partial charge in [-0.15, -0.1) is 5.10 Å². The van der Waals surface area contributed by atoms with Crippen molar-refractivity contribution in [1.29, 1.82) is 0 Å². The van der Waals surface area contributed by atoms with E-state index in [2.05, 4.69) is 20.1 Å². The number of hydrogen-bond donors (Lipinski definition) is 1. The average molecular weight is 340 g/mol. The Balaban J connectivity index is 1.81.